The second-order valence-electron chi connectivity index (χ2n) is 4.97. The maximum Gasteiger partial charge on any atom is 0.211 e. The van der Waals surface area contributed by atoms with Crippen molar-refractivity contribution in [3.05, 3.63) is 40.9 Å². The van der Waals surface area contributed by atoms with Gasteiger partial charge in [0.25, 0.3) is 0 Å². The average Bonchev–Trinajstić information content (AvgIpc) is 2.88. The van der Waals surface area contributed by atoms with E-state index in [9.17, 15) is 8.42 Å². The highest BCUT2D eigenvalue weighted by Gasteiger charge is 2.09. The maximum absolute atomic E-state index is 11.6. The summed E-state index contributed by atoms with van der Waals surface area (Å²) in [6.45, 7) is 4.31. The van der Waals surface area contributed by atoms with Crippen LogP contribution < -0.4 is 4.72 Å². The number of sulfonamides is 1. The molecule has 0 radical (unpaired) electrons. The van der Waals surface area contributed by atoms with Gasteiger partial charge in [-0.2, -0.15) is 0 Å². The molecule has 114 valence electrons. The van der Waals surface area contributed by atoms with E-state index in [1.807, 2.05) is 12.3 Å². The van der Waals surface area contributed by atoms with Crippen LogP contribution in [-0.4, -0.2) is 25.7 Å². The largest absolute Gasteiger partial charge is 0.241 e. The van der Waals surface area contributed by atoms with Gasteiger partial charge in [0, 0.05) is 23.9 Å². The lowest BCUT2D eigenvalue weighted by molar-refractivity contribution is 0.580. The minimum absolute atomic E-state index is 0.179. The van der Waals surface area contributed by atoms with Gasteiger partial charge in [0.2, 0.25) is 10.0 Å². The molecule has 0 unspecified atom stereocenters. The summed E-state index contributed by atoms with van der Waals surface area (Å²) in [7, 11) is -3.13. The van der Waals surface area contributed by atoms with E-state index in [4.69, 9.17) is 0 Å². The molecule has 21 heavy (non-hydrogen) atoms. The number of hydrogen-bond donors (Lipinski definition) is 1. The predicted molar refractivity (Wildman–Crippen MR) is 88.1 cm³/mol. The van der Waals surface area contributed by atoms with Crippen molar-refractivity contribution >= 4 is 21.4 Å². The summed E-state index contributed by atoms with van der Waals surface area (Å²) in [5.74, 6) is 0.179. The SMILES string of the molecule is CCCS(=O)(=O)NCCc1csc(-c2ccc(C)cc2)n1. The van der Waals surface area contributed by atoms with Gasteiger partial charge in [-0.15, -0.1) is 11.3 Å². The lowest BCUT2D eigenvalue weighted by Gasteiger charge is -2.03. The molecule has 0 atom stereocenters. The Balaban J connectivity index is 1.93. The number of nitrogens with zero attached hydrogens (tertiary/aromatic N) is 1. The zero-order valence-corrected chi connectivity index (χ0v) is 13.9. The number of aromatic nitrogens is 1. The number of rotatable bonds is 7. The minimum atomic E-state index is -3.13. The van der Waals surface area contributed by atoms with E-state index >= 15 is 0 Å². The molecule has 0 amide bonds. The molecular formula is C15H20N2O2S2. The Morgan fingerprint density at radius 2 is 1.95 bits per heavy atom. The first-order valence-electron chi connectivity index (χ1n) is 6.99. The molecule has 1 heterocycles. The molecule has 6 heteroatoms. The predicted octanol–water partition coefficient (Wildman–Crippen LogP) is 2.99. The number of hydrogen-bond acceptors (Lipinski definition) is 4. The molecule has 0 spiro atoms. The van der Waals surface area contributed by atoms with Crippen molar-refractivity contribution in [1.29, 1.82) is 0 Å². The number of benzene rings is 1. The smallest absolute Gasteiger partial charge is 0.211 e. The van der Waals surface area contributed by atoms with E-state index in [1.165, 1.54) is 5.56 Å². The first-order valence-corrected chi connectivity index (χ1v) is 9.52. The van der Waals surface area contributed by atoms with E-state index in [1.54, 1.807) is 11.3 Å². The van der Waals surface area contributed by atoms with Gasteiger partial charge in [-0.05, 0) is 13.3 Å². The molecule has 0 aliphatic carbocycles. The van der Waals surface area contributed by atoms with Crippen LogP contribution >= 0.6 is 11.3 Å². The molecule has 4 nitrogen and oxygen atoms in total. The Kier molecular flexibility index (Phi) is 5.50. The fourth-order valence-electron chi connectivity index (χ4n) is 1.93. The van der Waals surface area contributed by atoms with Crippen LogP contribution in [0.5, 0.6) is 0 Å². The second-order valence-corrected chi connectivity index (χ2v) is 7.76. The normalized spacial score (nSPS) is 11.7. The van der Waals surface area contributed by atoms with E-state index in [0.717, 1.165) is 16.3 Å². The van der Waals surface area contributed by atoms with Crippen LogP contribution in [0.2, 0.25) is 0 Å². The molecule has 0 fully saturated rings. The summed E-state index contributed by atoms with van der Waals surface area (Å²) in [6.07, 6.45) is 1.24. The summed E-state index contributed by atoms with van der Waals surface area (Å²) in [6, 6.07) is 8.24. The van der Waals surface area contributed by atoms with Gasteiger partial charge in [0.05, 0.1) is 11.4 Å². The summed E-state index contributed by atoms with van der Waals surface area (Å²) in [4.78, 5) is 4.56. The third-order valence-corrected chi connectivity index (χ3v) is 5.56. The van der Waals surface area contributed by atoms with Crippen LogP contribution in [0.1, 0.15) is 24.6 Å². The first-order chi connectivity index (χ1) is 10.00. The van der Waals surface area contributed by atoms with E-state index < -0.39 is 10.0 Å². The summed E-state index contributed by atoms with van der Waals surface area (Å²) in [5, 5.41) is 2.96. The molecule has 2 rings (SSSR count). The molecule has 1 aromatic heterocycles. The molecule has 2 aromatic rings. The standard InChI is InChI=1S/C15H20N2O2S2/c1-3-10-21(18,19)16-9-8-14-11-20-15(17-14)13-6-4-12(2)5-7-13/h4-7,11,16H,3,8-10H2,1-2H3. The van der Waals surface area contributed by atoms with Gasteiger partial charge >= 0.3 is 0 Å². The highest BCUT2D eigenvalue weighted by Crippen LogP contribution is 2.24. The Labute approximate surface area is 130 Å². The fourth-order valence-corrected chi connectivity index (χ4v) is 3.88. The molecular weight excluding hydrogens is 304 g/mol. The highest BCUT2D eigenvalue weighted by atomic mass is 32.2. The van der Waals surface area contributed by atoms with Crippen molar-refractivity contribution in [2.45, 2.75) is 26.7 Å². The average molecular weight is 324 g/mol. The Hall–Kier alpha value is -1.24. The van der Waals surface area contributed by atoms with Gasteiger partial charge in [0.15, 0.2) is 0 Å². The van der Waals surface area contributed by atoms with E-state index in [-0.39, 0.29) is 5.75 Å². The van der Waals surface area contributed by atoms with E-state index in [0.29, 0.717) is 19.4 Å². The van der Waals surface area contributed by atoms with Gasteiger partial charge in [0.1, 0.15) is 5.01 Å². The first kappa shape index (κ1) is 16.1. The lowest BCUT2D eigenvalue weighted by atomic mass is 10.2. The van der Waals surface area contributed by atoms with Crippen molar-refractivity contribution in [3.8, 4) is 10.6 Å². The summed E-state index contributed by atoms with van der Waals surface area (Å²) < 4.78 is 25.7. The molecule has 0 aliphatic rings. The van der Waals surface area contributed by atoms with Gasteiger partial charge in [-0.1, -0.05) is 36.8 Å². The van der Waals surface area contributed by atoms with Crippen LogP contribution in [0, 0.1) is 6.92 Å². The van der Waals surface area contributed by atoms with Crippen molar-refractivity contribution in [2.75, 3.05) is 12.3 Å². The maximum atomic E-state index is 11.6. The number of thiazole rings is 1. The van der Waals surface area contributed by atoms with Crippen molar-refractivity contribution < 1.29 is 8.42 Å². The molecule has 1 aromatic carbocycles. The van der Waals surface area contributed by atoms with Gasteiger partial charge < -0.3 is 0 Å². The van der Waals surface area contributed by atoms with Gasteiger partial charge in [-0.25, -0.2) is 18.1 Å². The topological polar surface area (TPSA) is 59.1 Å². The monoisotopic (exact) mass is 324 g/mol. The zero-order valence-electron chi connectivity index (χ0n) is 12.3. The number of nitrogens with one attached hydrogen (secondary N) is 1. The van der Waals surface area contributed by atoms with Crippen molar-refractivity contribution in [2.24, 2.45) is 0 Å². The molecule has 0 aliphatic heterocycles. The van der Waals surface area contributed by atoms with Gasteiger partial charge in [-0.3, -0.25) is 0 Å². The Morgan fingerprint density at radius 3 is 2.62 bits per heavy atom. The minimum Gasteiger partial charge on any atom is -0.241 e. The van der Waals surface area contributed by atoms with Crippen LogP contribution in [-0.2, 0) is 16.4 Å². The van der Waals surface area contributed by atoms with E-state index in [2.05, 4.69) is 40.9 Å². The van der Waals surface area contributed by atoms with Crippen LogP contribution in [0.4, 0.5) is 0 Å². The van der Waals surface area contributed by atoms with Crippen LogP contribution in [0.3, 0.4) is 0 Å². The summed E-state index contributed by atoms with van der Waals surface area (Å²) >= 11 is 1.59. The third kappa shape index (κ3) is 4.91. The molecule has 0 saturated heterocycles. The number of aryl methyl sites for hydroxylation is 1. The lowest BCUT2D eigenvalue weighted by Crippen LogP contribution is -2.28. The molecule has 1 N–H and O–H groups in total. The Bertz CT molecular complexity index is 676. The molecule has 0 bridgehead atoms. The summed E-state index contributed by atoms with van der Waals surface area (Å²) in [5.41, 5.74) is 3.25. The quantitative estimate of drug-likeness (QED) is 0.852. The fraction of sp³-hybridized carbons (Fsp3) is 0.400. The van der Waals surface area contributed by atoms with Crippen LogP contribution in [0.25, 0.3) is 10.6 Å². The molecule has 0 saturated carbocycles. The van der Waals surface area contributed by atoms with Crippen LogP contribution in [0.15, 0.2) is 29.6 Å². The second kappa shape index (κ2) is 7.15. The third-order valence-electron chi connectivity index (χ3n) is 3.03. The van der Waals surface area contributed by atoms with Crippen molar-refractivity contribution in [1.82, 2.24) is 9.71 Å². The Morgan fingerprint density at radius 1 is 1.24 bits per heavy atom. The zero-order chi connectivity index (χ0) is 15.3. The highest BCUT2D eigenvalue weighted by molar-refractivity contribution is 7.89. The van der Waals surface area contributed by atoms with Crippen molar-refractivity contribution in [3.63, 3.8) is 0 Å².